The summed E-state index contributed by atoms with van der Waals surface area (Å²) >= 11 is 0. The molecular weight excluding hydrogens is 168 g/mol. The Morgan fingerprint density at radius 3 is 2.54 bits per heavy atom. The summed E-state index contributed by atoms with van der Waals surface area (Å²) in [6.45, 7) is 5.69. The van der Waals surface area contributed by atoms with Gasteiger partial charge in [-0.1, -0.05) is 6.92 Å². The predicted octanol–water partition coefficient (Wildman–Crippen LogP) is 0.680. The second-order valence-electron chi connectivity index (χ2n) is 3.27. The Bertz CT molecular complexity index is 401. The van der Waals surface area contributed by atoms with Crippen LogP contribution in [-0.2, 0) is 6.42 Å². The summed E-state index contributed by atoms with van der Waals surface area (Å²) in [6, 6.07) is 0.0784. The van der Waals surface area contributed by atoms with Crippen molar-refractivity contribution in [2.75, 3.05) is 0 Å². The summed E-state index contributed by atoms with van der Waals surface area (Å²) in [5.41, 5.74) is 0.0369. The first-order chi connectivity index (χ1) is 6.06. The third-order valence-electron chi connectivity index (χ3n) is 1.98. The van der Waals surface area contributed by atoms with E-state index in [9.17, 15) is 9.59 Å². The van der Waals surface area contributed by atoms with Crippen molar-refractivity contribution in [3.63, 3.8) is 0 Å². The lowest BCUT2D eigenvalue weighted by atomic mass is 10.2. The minimum absolute atomic E-state index is 0.0784. The van der Waals surface area contributed by atoms with Crippen LogP contribution in [-0.4, -0.2) is 9.55 Å². The standard InChI is InChI=1S/C9H14N2O2/c1-4-7-5-11(6(2)3)9(13)10-8(7)12/h5-6H,4H2,1-3H3,(H,10,12,13). The highest BCUT2D eigenvalue weighted by atomic mass is 16.2. The zero-order valence-corrected chi connectivity index (χ0v) is 8.13. The van der Waals surface area contributed by atoms with Gasteiger partial charge in [0, 0.05) is 17.8 Å². The Labute approximate surface area is 76.2 Å². The molecule has 1 aromatic rings. The Morgan fingerprint density at radius 1 is 1.46 bits per heavy atom. The van der Waals surface area contributed by atoms with Gasteiger partial charge in [0.1, 0.15) is 0 Å². The van der Waals surface area contributed by atoms with Gasteiger partial charge in [-0.25, -0.2) is 4.79 Å². The molecule has 1 aromatic heterocycles. The fourth-order valence-corrected chi connectivity index (χ4v) is 1.16. The molecular formula is C9H14N2O2. The van der Waals surface area contributed by atoms with Gasteiger partial charge in [0.05, 0.1) is 0 Å². The molecule has 1 rings (SSSR count). The maximum Gasteiger partial charge on any atom is 0.328 e. The molecule has 4 heteroatoms. The smallest absolute Gasteiger partial charge is 0.298 e. The van der Waals surface area contributed by atoms with Crippen LogP contribution in [0.5, 0.6) is 0 Å². The second-order valence-corrected chi connectivity index (χ2v) is 3.27. The van der Waals surface area contributed by atoms with Crippen LogP contribution >= 0.6 is 0 Å². The fraction of sp³-hybridized carbons (Fsp3) is 0.556. The number of hydrogen-bond donors (Lipinski definition) is 1. The van der Waals surface area contributed by atoms with E-state index in [0.29, 0.717) is 12.0 Å². The maximum atomic E-state index is 11.3. The monoisotopic (exact) mass is 182 g/mol. The molecule has 72 valence electrons. The Balaban J connectivity index is 3.40. The normalized spacial score (nSPS) is 10.8. The first kappa shape index (κ1) is 9.77. The first-order valence-electron chi connectivity index (χ1n) is 4.40. The summed E-state index contributed by atoms with van der Waals surface area (Å²) in [4.78, 5) is 24.7. The van der Waals surface area contributed by atoms with Crippen molar-refractivity contribution in [3.8, 4) is 0 Å². The lowest BCUT2D eigenvalue weighted by molar-refractivity contribution is 0.556. The number of nitrogens with one attached hydrogen (secondary N) is 1. The van der Waals surface area contributed by atoms with E-state index in [1.165, 1.54) is 4.57 Å². The SMILES string of the molecule is CCc1cn(C(C)C)c(=O)[nH]c1=O. The number of H-pyrrole nitrogens is 1. The zero-order chi connectivity index (χ0) is 10.0. The van der Waals surface area contributed by atoms with Gasteiger partial charge in [-0.15, -0.1) is 0 Å². The van der Waals surface area contributed by atoms with Gasteiger partial charge < -0.3 is 0 Å². The van der Waals surface area contributed by atoms with Gasteiger partial charge in [0.25, 0.3) is 5.56 Å². The van der Waals surface area contributed by atoms with Crippen molar-refractivity contribution in [1.29, 1.82) is 0 Å². The molecule has 0 atom stereocenters. The molecule has 0 amide bonds. The molecule has 0 fully saturated rings. The largest absolute Gasteiger partial charge is 0.328 e. The highest BCUT2D eigenvalue weighted by molar-refractivity contribution is 5.04. The molecule has 0 radical (unpaired) electrons. The van der Waals surface area contributed by atoms with Gasteiger partial charge in [0.15, 0.2) is 0 Å². The van der Waals surface area contributed by atoms with Crippen LogP contribution in [0.3, 0.4) is 0 Å². The van der Waals surface area contributed by atoms with Crippen molar-refractivity contribution >= 4 is 0 Å². The van der Waals surface area contributed by atoms with E-state index in [0.717, 1.165) is 0 Å². The third kappa shape index (κ3) is 1.88. The van der Waals surface area contributed by atoms with E-state index >= 15 is 0 Å². The van der Waals surface area contributed by atoms with Crippen molar-refractivity contribution < 1.29 is 0 Å². The summed E-state index contributed by atoms with van der Waals surface area (Å²) in [5.74, 6) is 0. The highest BCUT2D eigenvalue weighted by Crippen LogP contribution is 1.98. The van der Waals surface area contributed by atoms with E-state index in [2.05, 4.69) is 4.98 Å². The summed E-state index contributed by atoms with van der Waals surface area (Å²) < 4.78 is 1.53. The van der Waals surface area contributed by atoms with E-state index in [4.69, 9.17) is 0 Å². The summed E-state index contributed by atoms with van der Waals surface area (Å²) in [5, 5.41) is 0. The van der Waals surface area contributed by atoms with E-state index in [-0.39, 0.29) is 17.3 Å². The molecule has 0 bridgehead atoms. The zero-order valence-electron chi connectivity index (χ0n) is 8.13. The molecule has 1 N–H and O–H groups in total. The van der Waals surface area contributed by atoms with E-state index in [1.807, 2.05) is 20.8 Å². The average molecular weight is 182 g/mol. The van der Waals surface area contributed by atoms with Crippen molar-refractivity contribution in [2.45, 2.75) is 33.2 Å². The quantitative estimate of drug-likeness (QED) is 0.731. The van der Waals surface area contributed by atoms with Crippen molar-refractivity contribution in [3.05, 3.63) is 32.6 Å². The van der Waals surface area contributed by atoms with Crippen LogP contribution in [0, 0.1) is 0 Å². The van der Waals surface area contributed by atoms with Crippen LogP contribution in [0.1, 0.15) is 32.4 Å². The molecule has 1 heterocycles. The molecule has 0 aliphatic heterocycles. The molecule has 0 aliphatic rings. The van der Waals surface area contributed by atoms with Gasteiger partial charge in [-0.2, -0.15) is 0 Å². The predicted molar refractivity (Wildman–Crippen MR) is 51.1 cm³/mol. The number of aryl methyl sites for hydroxylation is 1. The minimum atomic E-state index is -0.336. The lowest BCUT2D eigenvalue weighted by Gasteiger charge is -2.09. The second kappa shape index (κ2) is 3.60. The molecule has 0 saturated heterocycles. The Kier molecular flexibility index (Phi) is 2.70. The number of nitrogens with zero attached hydrogens (tertiary/aromatic N) is 1. The van der Waals surface area contributed by atoms with Crippen LogP contribution in [0.15, 0.2) is 15.8 Å². The topological polar surface area (TPSA) is 54.9 Å². The maximum absolute atomic E-state index is 11.3. The van der Waals surface area contributed by atoms with Crippen LogP contribution in [0.25, 0.3) is 0 Å². The number of aromatic amines is 1. The molecule has 0 spiro atoms. The first-order valence-corrected chi connectivity index (χ1v) is 4.40. The van der Waals surface area contributed by atoms with E-state index in [1.54, 1.807) is 6.20 Å². The van der Waals surface area contributed by atoms with Gasteiger partial charge in [0.2, 0.25) is 0 Å². The minimum Gasteiger partial charge on any atom is -0.298 e. The highest BCUT2D eigenvalue weighted by Gasteiger charge is 2.04. The van der Waals surface area contributed by atoms with Gasteiger partial charge in [-0.3, -0.25) is 14.3 Å². The van der Waals surface area contributed by atoms with Crippen LogP contribution in [0.4, 0.5) is 0 Å². The van der Waals surface area contributed by atoms with Gasteiger partial charge in [-0.05, 0) is 20.3 Å². The third-order valence-corrected chi connectivity index (χ3v) is 1.98. The summed E-state index contributed by atoms with van der Waals surface area (Å²) in [7, 11) is 0. The van der Waals surface area contributed by atoms with Crippen molar-refractivity contribution in [1.82, 2.24) is 9.55 Å². The molecule has 0 saturated carbocycles. The van der Waals surface area contributed by atoms with Crippen LogP contribution in [0.2, 0.25) is 0 Å². The van der Waals surface area contributed by atoms with Gasteiger partial charge >= 0.3 is 5.69 Å². The average Bonchev–Trinajstić information content (AvgIpc) is 2.03. The molecule has 4 nitrogen and oxygen atoms in total. The number of hydrogen-bond acceptors (Lipinski definition) is 2. The number of aromatic nitrogens is 2. The van der Waals surface area contributed by atoms with E-state index < -0.39 is 0 Å². The molecule has 13 heavy (non-hydrogen) atoms. The fourth-order valence-electron chi connectivity index (χ4n) is 1.16. The van der Waals surface area contributed by atoms with Crippen molar-refractivity contribution in [2.24, 2.45) is 0 Å². The molecule has 0 unspecified atom stereocenters. The molecule has 0 aromatic carbocycles. The lowest BCUT2D eigenvalue weighted by Crippen LogP contribution is -2.32. The molecule has 0 aliphatic carbocycles. The van der Waals surface area contributed by atoms with Crippen LogP contribution < -0.4 is 11.2 Å². The Hall–Kier alpha value is -1.32. The summed E-state index contributed by atoms with van der Waals surface area (Å²) in [6.07, 6.45) is 2.27. The Morgan fingerprint density at radius 2 is 2.08 bits per heavy atom. The number of rotatable bonds is 2.